The molecule has 0 bridgehead atoms. The van der Waals surface area contributed by atoms with E-state index in [2.05, 4.69) is 9.88 Å². The average Bonchev–Trinajstić information content (AvgIpc) is 2.77. The Morgan fingerprint density at radius 1 is 1.26 bits per heavy atom. The third-order valence-corrected chi connectivity index (χ3v) is 6.33. The van der Waals surface area contributed by atoms with E-state index in [-0.39, 0.29) is 18.0 Å². The Kier molecular flexibility index (Phi) is 7.14. The van der Waals surface area contributed by atoms with Gasteiger partial charge in [-0.05, 0) is 24.3 Å². The maximum Gasteiger partial charge on any atom is 0.278 e. The normalized spacial score (nSPS) is 14.4. The van der Waals surface area contributed by atoms with Crippen LogP contribution >= 0.6 is 11.6 Å². The van der Waals surface area contributed by atoms with E-state index >= 15 is 0 Å². The number of methoxy groups -OCH3 is 1. The number of nitrogens with zero attached hydrogens (tertiary/aromatic N) is 3. The predicted octanol–water partition coefficient (Wildman–Crippen LogP) is 0.657. The lowest BCUT2D eigenvalue weighted by atomic mass is 10.2. The Morgan fingerprint density at radius 3 is 2.61 bits per heavy atom. The van der Waals surface area contributed by atoms with Crippen LogP contribution in [0.3, 0.4) is 0 Å². The molecule has 1 saturated heterocycles. The van der Waals surface area contributed by atoms with Crippen LogP contribution in [-0.4, -0.2) is 75.3 Å². The summed E-state index contributed by atoms with van der Waals surface area (Å²) in [6.45, 7) is 2.54. The molecule has 0 unspecified atom stereocenters. The highest BCUT2D eigenvalue weighted by molar-refractivity contribution is 8.06. The quantitative estimate of drug-likeness (QED) is 0.476. The van der Waals surface area contributed by atoms with E-state index in [1.54, 1.807) is 29.5 Å². The van der Waals surface area contributed by atoms with Gasteiger partial charge in [0.25, 0.3) is 5.91 Å². The summed E-state index contributed by atoms with van der Waals surface area (Å²) in [7, 11) is -2.10. The number of rotatable bonds is 6. The molecule has 11 heteroatoms. The summed E-state index contributed by atoms with van der Waals surface area (Å²) in [4.78, 5) is 20.8. The van der Waals surface area contributed by atoms with E-state index in [4.69, 9.17) is 21.7 Å². The number of halogens is 1. The molecular formula is C20H25ClN5O4S+. The first-order valence-corrected chi connectivity index (χ1v) is 11.9. The van der Waals surface area contributed by atoms with Gasteiger partial charge in [-0.15, -0.1) is 0 Å². The highest BCUT2D eigenvalue weighted by Crippen LogP contribution is 2.29. The van der Waals surface area contributed by atoms with E-state index < -0.39 is 14.9 Å². The Labute approximate surface area is 186 Å². The predicted molar refractivity (Wildman–Crippen MR) is 119 cm³/mol. The van der Waals surface area contributed by atoms with Crippen molar-refractivity contribution < 1.29 is 23.3 Å². The van der Waals surface area contributed by atoms with Crippen LogP contribution in [0.15, 0.2) is 36.5 Å². The van der Waals surface area contributed by atoms with Crippen LogP contribution in [0.5, 0.6) is 5.75 Å². The van der Waals surface area contributed by atoms with Crippen molar-refractivity contribution in [2.45, 2.75) is 0 Å². The van der Waals surface area contributed by atoms with Crippen molar-refractivity contribution in [1.82, 2.24) is 9.88 Å². The molecule has 3 rings (SSSR count). The molecule has 0 atom stereocenters. The van der Waals surface area contributed by atoms with E-state index in [1.165, 1.54) is 12.3 Å². The molecule has 166 valence electrons. The number of carbonyl (C=O) groups excluding carboxylic acids is 1. The fourth-order valence-corrected chi connectivity index (χ4v) is 4.11. The second kappa shape index (κ2) is 9.63. The van der Waals surface area contributed by atoms with Crippen LogP contribution in [0.2, 0.25) is 5.02 Å². The van der Waals surface area contributed by atoms with Crippen molar-refractivity contribution in [3.63, 3.8) is 0 Å². The van der Waals surface area contributed by atoms with Gasteiger partial charge in [0.1, 0.15) is 5.75 Å². The fraction of sp³-hybridized carbons (Fsp3) is 0.350. The summed E-state index contributed by atoms with van der Waals surface area (Å²) >= 11 is 6.09. The smallest absolute Gasteiger partial charge is 0.278 e. The number of hydrogen-bond donors (Lipinski definition) is 2. The molecule has 0 aliphatic carbocycles. The molecule has 1 aromatic carbocycles. The van der Waals surface area contributed by atoms with E-state index in [0.29, 0.717) is 42.8 Å². The molecule has 1 aromatic heterocycles. The number of nitrogens with one attached hydrogen (secondary N) is 1. The van der Waals surface area contributed by atoms with Crippen LogP contribution in [0.25, 0.3) is 0 Å². The van der Waals surface area contributed by atoms with Crippen molar-refractivity contribution in [1.29, 1.82) is 5.41 Å². The molecule has 0 radical (unpaired) electrons. The molecule has 1 amide bonds. The molecule has 1 aliphatic rings. The maximum absolute atomic E-state index is 12.7. The van der Waals surface area contributed by atoms with Crippen molar-refractivity contribution >= 4 is 43.9 Å². The Morgan fingerprint density at radius 2 is 1.97 bits per heavy atom. The SMILES string of the molecule is COc1cc(N2CCN(C(=O)C[NH2+]c3ncccc3C(=N)S(C)(=O)=O)CC2)ccc1Cl. The first kappa shape index (κ1) is 23.0. The Balaban J connectivity index is 1.59. The molecule has 2 heterocycles. The van der Waals surface area contributed by atoms with Crippen LogP contribution in [0.1, 0.15) is 5.56 Å². The highest BCUT2D eigenvalue weighted by atomic mass is 35.5. The second-order valence-electron chi connectivity index (χ2n) is 7.13. The molecule has 31 heavy (non-hydrogen) atoms. The largest absolute Gasteiger partial charge is 0.495 e. The van der Waals surface area contributed by atoms with E-state index in [1.807, 2.05) is 12.1 Å². The molecule has 3 N–H and O–H groups in total. The number of hydrogen-bond acceptors (Lipinski definition) is 7. The average molecular weight is 467 g/mol. The summed E-state index contributed by atoms with van der Waals surface area (Å²) in [5.41, 5.74) is 1.18. The Hall–Kier alpha value is -2.69. The number of ether oxygens (including phenoxy) is 1. The zero-order valence-electron chi connectivity index (χ0n) is 17.3. The number of pyridine rings is 1. The number of anilines is 1. The van der Waals surface area contributed by atoms with Gasteiger partial charge in [0.2, 0.25) is 5.82 Å². The van der Waals surface area contributed by atoms with Gasteiger partial charge < -0.3 is 14.5 Å². The van der Waals surface area contributed by atoms with Gasteiger partial charge >= 0.3 is 0 Å². The van der Waals surface area contributed by atoms with Gasteiger partial charge in [0, 0.05) is 50.4 Å². The number of benzene rings is 1. The molecule has 0 saturated carbocycles. The van der Waals surface area contributed by atoms with Gasteiger partial charge in [-0.1, -0.05) is 11.6 Å². The lowest BCUT2D eigenvalue weighted by Crippen LogP contribution is -2.82. The van der Waals surface area contributed by atoms with Crippen LogP contribution in [-0.2, 0) is 14.6 Å². The summed E-state index contributed by atoms with van der Waals surface area (Å²) in [5, 5.41) is 9.50. The molecule has 0 spiro atoms. The van der Waals surface area contributed by atoms with Gasteiger partial charge in [0.15, 0.2) is 21.4 Å². The zero-order chi connectivity index (χ0) is 22.6. The second-order valence-corrected chi connectivity index (χ2v) is 9.49. The maximum atomic E-state index is 12.7. The minimum Gasteiger partial charge on any atom is -0.495 e. The van der Waals surface area contributed by atoms with Gasteiger partial charge in [-0.3, -0.25) is 15.5 Å². The first-order valence-electron chi connectivity index (χ1n) is 9.64. The summed E-state index contributed by atoms with van der Waals surface area (Å²) in [6, 6.07) is 8.69. The highest BCUT2D eigenvalue weighted by Gasteiger charge is 2.25. The minimum absolute atomic E-state index is 0.0733. The van der Waals surface area contributed by atoms with Crippen molar-refractivity contribution in [2.24, 2.45) is 0 Å². The standard InChI is InChI=1S/C20H24ClN5O4S/c1-30-17-12-14(5-6-16(17)21)25-8-10-26(11-9-25)18(27)13-24-20-15(4-3-7-23-20)19(22)31(2,28)29/h3-7,12,22H,8-11,13H2,1-2H3,(H,23,24)/p+1. The number of amides is 1. The third-order valence-electron chi connectivity index (χ3n) is 5.06. The Bertz CT molecular complexity index is 1080. The van der Waals surface area contributed by atoms with E-state index in [9.17, 15) is 13.2 Å². The van der Waals surface area contributed by atoms with Crippen LogP contribution in [0, 0.1) is 5.41 Å². The lowest BCUT2D eigenvalue weighted by molar-refractivity contribution is -0.564. The molecule has 2 aromatic rings. The van der Waals surface area contributed by atoms with Gasteiger partial charge in [-0.2, -0.15) is 0 Å². The van der Waals surface area contributed by atoms with Crippen LogP contribution < -0.4 is 15.0 Å². The van der Waals surface area contributed by atoms with E-state index in [0.717, 1.165) is 11.9 Å². The summed E-state index contributed by atoms with van der Waals surface area (Å²) < 4.78 is 28.7. The number of aromatic nitrogens is 1. The number of piperazine rings is 1. The minimum atomic E-state index is -3.67. The molecule has 1 fully saturated rings. The molecule has 9 nitrogen and oxygen atoms in total. The first-order chi connectivity index (χ1) is 14.7. The third kappa shape index (κ3) is 5.52. The summed E-state index contributed by atoms with van der Waals surface area (Å²) in [6.07, 6.45) is 2.49. The number of carbonyl (C=O) groups is 1. The van der Waals surface area contributed by atoms with Crippen molar-refractivity contribution in [3.8, 4) is 5.75 Å². The zero-order valence-corrected chi connectivity index (χ0v) is 18.9. The number of sulfone groups is 1. The monoisotopic (exact) mass is 466 g/mol. The topological polar surface area (TPSA) is 120 Å². The van der Waals surface area contributed by atoms with Crippen molar-refractivity contribution in [3.05, 3.63) is 47.1 Å². The number of quaternary nitrogens is 1. The summed E-state index contributed by atoms with van der Waals surface area (Å²) in [5.74, 6) is 0.854. The van der Waals surface area contributed by atoms with Gasteiger partial charge in [0.05, 0.1) is 17.7 Å². The molecular weight excluding hydrogens is 442 g/mol. The van der Waals surface area contributed by atoms with Gasteiger partial charge in [-0.25, -0.2) is 13.4 Å². The molecule has 1 aliphatic heterocycles. The van der Waals surface area contributed by atoms with Crippen molar-refractivity contribution in [2.75, 3.05) is 51.0 Å². The number of nitrogens with two attached hydrogens (primary N) is 1. The fourth-order valence-electron chi connectivity index (χ4n) is 3.34. The lowest BCUT2D eigenvalue weighted by Gasteiger charge is -2.36. The van der Waals surface area contributed by atoms with Crippen LogP contribution in [0.4, 0.5) is 11.5 Å².